The molecule has 18 heavy (non-hydrogen) atoms. The molecule has 1 aromatic carbocycles. The summed E-state index contributed by atoms with van der Waals surface area (Å²) in [4.78, 5) is 4.59. The molecule has 0 fully saturated rings. The highest BCUT2D eigenvalue weighted by molar-refractivity contribution is 5.73. The Kier molecular flexibility index (Phi) is 2.58. The van der Waals surface area contributed by atoms with Crippen LogP contribution in [0.1, 0.15) is 24.2 Å². The van der Waals surface area contributed by atoms with Crippen molar-refractivity contribution in [1.82, 2.24) is 9.55 Å². The van der Waals surface area contributed by atoms with E-state index in [9.17, 15) is 4.39 Å². The van der Waals surface area contributed by atoms with Gasteiger partial charge in [-0.15, -0.1) is 0 Å². The number of aryl methyl sites for hydroxylation is 2. The molecule has 0 bridgehead atoms. The fourth-order valence-electron chi connectivity index (χ4n) is 2.55. The summed E-state index contributed by atoms with van der Waals surface area (Å²) >= 11 is 0. The van der Waals surface area contributed by atoms with Crippen LogP contribution in [0, 0.1) is 12.7 Å². The molecule has 94 valence electrons. The summed E-state index contributed by atoms with van der Waals surface area (Å²) in [7, 11) is 0. The van der Waals surface area contributed by atoms with Gasteiger partial charge < -0.3 is 10.3 Å². The first-order valence-corrected chi connectivity index (χ1v) is 6.28. The Balaban J connectivity index is 2.17. The van der Waals surface area contributed by atoms with Crippen LogP contribution >= 0.6 is 0 Å². The van der Waals surface area contributed by atoms with Gasteiger partial charge in [0.2, 0.25) is 0 Å². The molecule has 3 nitrogen and oxygen atoms in total. The average molecular weight is 245 g/mol. The predicted molar refractivity (Wildman–Crippen MR) is 69.7 cm³/mol. The summed E-state index contributed by atoms with van der Waals surface area (Å²) < 4.78 is 15.4. The van der Waals surface area contributed by atoms with Gasteiger partial charge in [0.05, 0.1) is 0 Å². The van der Waals surface area contributed by atoms with Crippen molar-refractivity contribution in [3.05, 3.63) is 35.4 Å². The first-order chi connectivity index (χ1) is 8.66. The number of rotatable bonds is 1. The molecule has 0 radical (unpaired) electrons. The molecule has 1 aromatic heterocycles. The summed E-state index contributed by atoms with van der Waals surface area (Å²) in [6, 6.07) is 4.74. The summed E-state index contributed by atoms with van der Waals surface area (Å²) in [6.07, 6.45) is 3.24. The first-order valence-electron chi connectivity index (χ1n) is 6.28. The topological polar surface area (TPSA) is 43.8 Å². The molecule has 2 aromatic rings. The van der Waals surface area contributed by atoms with Crippen molar-refractivity contribution < 1.29 is 4.39 Å². The molecular weight excluding hydrogens is 229 g/mol. The SMILES string of the molecule is Cc1ccc(F)cc1-c1nc2n(c1N)CCCC2. The average Bonchev–Trinajstić information content (AvgIpc) is 2.71. The highest BCUT2D eigenvalue weighted by Crippen LogP contribution is 2.31. The standard InChI is InChI=1S/C14H16FN3/c1-9-5-6-10(15)8-11(9)13-14(16)18-7-3-2-4-12(18)17-13/h5-6,8H,2-4,7,16H2,1H3. The summed E-state index contributed by atoms with van der Waals surface area (Å²) in [6.45, 7) is 2.87. The van der Waals surface area contributed by atoms with Gasteiger partial charge in [-0.05, 0) is 37.5 Å². The normalized spacial score (nSPS) is 14.6. The van der Waals surface area contributed by atoms with Crippen molar-refractivity contribution in [3.8, 4) is 11.3 Å². The molecule has 2 heterocycles. The van der Waals surface area contributed by atoms with Crippen LogP contribution in [0.15, 0.2) is 18.2 Å². The number of benzene rings is 1. The molecule has 3 rings (SSSR count). The molecule has 1 aliphatic heterocycles. The van der Waals surface area contributed by atoms with E-state index in [4.69, 9.17) is 5.73 Å². The molecule has 0 atom stereocenters. The Bertz CT molecular complexity index is 601. The number of halogens is 1. The zero-order valence-electron chi connectivity index (χ0n) is 10.4. The molecule has 0 unspecified atom stereocenters. The zero-order chi connectivity index (χ0) is 12.7. The fraction of sp³-hybridized carbons (Fsp3) is 0.357. The minimum absolute atomic E-state index is 0.249. The van der Waals surface area contributed by atoms with E-state index in [1.165, 1.54) is 12.1 Å². The van der Waals surface area contributed by atoms with Crippen molar-refractivity contribution in [3.63, 3.8) is 0 Å². The number of fused-ring (bicyclic) bond motifs is 1. The zero-order valence-corrected chi connectivity index (χ0v) is 10.4. The lowest BCUT2D eigenvalue weighted by Gasteiger charge is -2.14. The first kappa shape index (κ1) is 11.3. The molecular formula is C14H16FN3. The molecule has 0 aliphatic carbocycles. The second kappa shape index (κ2) is 4.12. The molecule has 0 saturated carbocycles. The third-order valence-corrected chi connectivity index (χ3v) is 3.57. The smallest absolute Gasteiger partial charge is 0.131 e. The summed E-state index contributed by atoms with van der Waals surface area (Å²) in [5, 5.41) is 0. The van der Waals surface area contributed by atoms with Crippen LogP contribution in [0.4, 0.5) is 10.2 Å². The summed E-state index contributed by atoms with van der Waals surface area (Å²) in [5.41, 5.74) is 8.68. The number of hydrogen-bond acceptors (Lipinski definition) is 2. The largest absolute Gasteiger partial charge is 0.383 e. The van der Waals surface area contributed by atoms with E-state index >= 15 is 0 Å². The third-order valence-electron chi connectivity index (χ3n) is 3.57. The van der Waals surface area contributed by atoms with Crippen LogP contribution in [-0.2, 0) is 13.0 Å². The monoisotopic (exact) mass is 245 g/mol. The molecule has 2 N–H and O–H groups in total. The molecule has 0 saturated heterocycles. The number of hydrogen-bond donors (Lipinski definition) is 1. The van der Waals surface area contributed by atoms with E-state index in [0.717, 1.165) is 48.5 Å². The van der Waals surface area contributed by atoms with Crippen LogP contribution in [0.3, 0.4) is 0 Å². The van der Waals surface area contributed by atoms with E-state index in [1.807, 2.05) is 6.92 Å². The highest BCUT2D eigenvalue weighted by atomic mass is 19.1. The van der Waals surface area contributed by atoms with Gasteiger partial charge in [-0.1, -0.05) is 6.07 Å². The lowest BCUT2D eigenvalue weighted by Crippen LogP contribution is -2.12. The van der Waals surface area contributed by atoms with Gasteiger partial charge in [-0.3, -0.25) is 0 Å². The predicted octanol–water partition coefficient (Wildman–Crippen LogP) is 2.92. The van der Waals surface area contributed by atoms with Crippen LogP contribution in [0.25, 0.3) is 11.3 Å². The van der Waals surface area contributed by atoms with E-state index in [1.54, 1.807) is 6.07 Å². The number of nitrogens with zero attached hydrogens (tertiary/aromatic N) is 2. The second-order valence-corrected chi connectivity index (χ2v) is 4.83. The second-order valence-electron chi connectivity index (χ2n) is 4.83. The van der Waals surface area contributed by atoms with Gasteiger partial charge in [-0.2, -0.15) is 0 Å². The Morgan fingerprint density at radius 1 is 1.33 bits per heavy atom. The van der Waals surface area contributed by atoms with Gasteiger partial charge in [0.15, 0.2) is 0 Å². The Morgan fingerprint density at radius 2 is 2.17 bits per heavy atom. The maximum absolute atomic E-state index is 13.4. The van der Waals surface area contributed by atoms with Crippen LogP contribution in [0.2, 0.25) is 0 Å². The molecule has 4 heteroatoms. The van der Waals surface area contributed by atoms with Crippen LogP contribution < -0.4 is 5.73 Å². The van der Waals surface area contributed by atoms with E-state index < -0.39 is 0 Å². The van der Waals surface area contributed by atoms with Gasteiger partial charge in [-0.25, -0.2) is 9.37 Å². The van der Waals surface area contributed by atoms with Gasteiger partial charge in [0.25, 0.3) is 0 Å². The molecule has 0 spiro atoms. The number of nitrogens with two attached hydrogens (primary N) is 1. The van der Waals surface area contributed by atoms with E-state index in [0.29, 0.717) is 5.82 Å². The van der Waals surface area contributed by atoms with Gasteiger partial charge >= 0.3 is 0 Å². The lowest BCUT2D eigenvalue weighted by molar-refractivity contribution is 0.527. The molecule has 0 amide bonds. The minimum Gasteiger partial charge on any atom is -0.383 e. The summed E-state index contributed by atoms with van der Waals surface area (Å²) in [5.74, 6) is 1.44. The third kappa shape index (κ3) is 1.68. The van der Waals surface area contributed by atoms with Crippen molar-refractivity contribution >= 4 is 5.82 Å². The Hall–Kier alpha value is -1.84. The van der Waals surface area contributed by atoms with Crippen molar-refractivity contribution in [2.75, 3.05) is 5.73 Å². The molecule has 1 aliphatic rings. The lowest BCUT2D eigenvalue weighted by atomic mass is 10.1. The number of imidazole rings is 1. The van der Waals surface area contributed by atoms with Gasteiger partial charge in [0.1, 0.15) is 23.2 Å². The van der Waals surface area contributed by atoms with Crippen molar-refractivity contribution in [2.45, 2.75) is 32.7 Å². The van der Waals surface area contributed by atoms with Crippen LogP contribution in [0.5, 0.6) is 0 Å². The minimum atomic E-state index is -0.249. The maximum atomic E-state index is 13.4. The highest BCUT2D eigenvalue weighted by Gasteiger charge is 2.19. The fourth-order valence-corrected chi connectivity index (χ4v) is 2.55. The van der Waals surface area contributed by atoms with Crippen LogP contribution in [-0.4, -0.2) is 9.55 Å². The van der Waals surface area contributed by atoms with Crippen molar-refractivity contribution in [2.24, 2.45) is 0 Å². The van der Waals surface area contributed by atoms with Crippen molar-refractivity contribution in [1.29, 1.82) is 0 Å². The van der Waals surface area contributed by atoms with Gasteiger partial charge in [0, 0.05) is 18.5 Å². The van der Waals surface area contributed by atoms with E-state index in [-0.39, 0.29) is 5.82 Å². The van der Waals surface area contributed by atoms with E-state index in [2.05, 4.69) is 9.55 Å². The number of aromatic nitrogens is 2. The quantitative estimate of drug-likeness (QED) is 0.839. The number of nitrogen functional groups attached to an aromatic ring is 1. The number of anilines is 1. The Labute approximate surface area is 105 Å². The maximum Gasteiger partial charge on any atom is 0.131 e. The Morgan fingerprint density at radius 3 is 2.94 bits per heavy atom.